The Hall–Kier alpha value is -1.98. The van der Waals surface area contributed by atoms with Gasteiger partial charge in [-0.15, -0.1) is 0 Å². The van der Waals surface area contributed by atoms with Gasteiger partial charge in [-0.05, 0) is 25.5 Å². The van der Waals surface area contributed by atoms with Gasteiger partial charge in [0.25, 0.3) is 0 Å². The van der Waals surface area contributed by atoms with Gasteiger partial charge in [0.1, 0.15) is 5.82 Å². The van der Waals surface area contributed by atoms with E-state index in [1.807, 2.05) is 13.8 Å². The second kappa shape index (κ2) is 7.45. The molecule has 0 aliphatic heterocycles. The lowest BCUT2D eigenvalue weighted by Gasteiger charge is -2.12. The molecule has 0 aromatic carbocycles. The Morgan fingerprint density at radius 3 is 2.89 bits per heavy atom. The number of aromatic nitrogens is 1. The number of carbonyl (C=O) groups excluding carboxylic acids is 1. The van der Waals surface area contributed by atoms with Gasteiger partial charge in [0.05, 0.1) is 12.8 Å². The highest BCUT2D eigenvalue weighted by atomic mass is 16.5. The van der Waals surface area contributed by atoms with Crippen LogP contribution in [0.5, 0.6) is 5.88 Å². The summed E-state index contributed by atoms with van der Waals surface area (Å²) < 4.78 is 5.02. The number of pyridine rings is 1. The zero-order valence-electron chi connectivity index (χ0n) is 11.7. The van der Waals surface area contributed by atoms with Crippen LogP contribution in [0.1, 0.15) is 26.7 Å². The molecule has 1 aromatic rings. The van der Waals surface area contributed by atoms with E-state index in [0.29, 0.717) is 30.4 Å². The quantitative estimate of drug-likeness (QED) is 0.694. The highest BCUT2D eigenvalue weighted by molar-refractivity contribution is 5.76. The lowest BCUT2D eigenvalue weighted by Crippen LogP contribution is -2.33. The minimum Gasteiger partial charge on any atom is -0.479 e. The molecule has 0 saturated carbocycles. The number of nitrogens with two attached hydrogens (primary N) is 1. The van der Waals surface area contributed by atoms with E-state index in [4.69, 9.17) is 10.5 Å². The summed E-state index contributed by atoms with van der Waals surface area (Å²) in [5, 5.41) is 5.96. The van der Waals surface area contributed by atoms with Crippen LogP contribution in [0.25, 0.3) is 0 Å². The number of methoxy groups -OCH3 is 1. The largest absolute Gasteiger partial charge is 0.479 e. The molecule has 0 aliphatic carbocycles. The molecule has 0 saturated heterocycles. The SMILES string of the molecule is CCC(C)NC(=O)CCNc1ccc(N)c(OC)n1. The summed E-state index contributed by atoms with van der Waals surface area (Å²) >= 11 is 0. The summed E-state index contributed by atoms with van der Waals surface area (Å²) in [6.07, 6.45) is 1.33. The average molecular weight is 266 g/mol. The normalized spacial score (nSPS) is 11.7. The minimum absolute atomic E-state index is 0.0317. The molecule has 0 radical (unpaired) electrons. The van der Waals surface area contributed by atoms with Gasteiger partial charge in [-0.25, -0.2) is 0 Å². The van der Waals surface area contributed by atoms with E-state index in [1.54, 1.807) is 12.1 Å². The van der Waals surface area contributed by atoms with Crippen molar-refractivity contribution < 1.29 is 9.53 Å². The Labute approximate surface area is 113 Å². The van der Waals surface area contributed by atoms with E-state index in [1.165, 1.54) is 7.11 Å². The number of nitrogen functional groups attached to an aromatic ring is 1. The molecule has 106 valence electrons. The molecule has 0 fully saturated rings. The van der Waals surface area contributed by atoms with Gasteiger partial charge < -0.3 is 21.1 Å². The van der Waals surface area contributed by atoms with Crippen LogP contribution in [-0.4, -0.2) is 30.6 Å². The zero-order valence-corrected chi connectivity index (χ0v) is 11.7. The van der Waals surface area contributed by atoms with Crippen LogP contribution in [0.3, 0.4) is 0 Å². The van der Waals surface area contributed by atoms with Gasteiger partial charge in [0.15, 0.2) is 0 Å². The standard InChI is InChI=1S/C13H22N4O2/c1-4-9(2)16-12(18)7-8-15-11-6-5-10(14)13(17-11)19-3/h5-6,9H,4,7-8,14H2,1-3H3,(H,15,17)(H,16,18). The summed E-state index contributed by atoms with van der Waals surface area (Å²) in [5.41, 5.74) is 6.16. The Morgan fingerprint density at radius 1 is 1.53 bits per heavy atom. The molecule has 0 spiro atoms. The predicted molar refractivity (Wildman–Crippen MR) is 76.2 cm³/mol. The Morgan fingerprint density at radius 2 is 2.26 bits per heavy atom. The third-order valence-corrected chi connectivity index (χ3v) is 2.76. The Kier molecular flexibility index (Phi) is 5.92. The lowest BCUT2D eigenvalue weighted by atomic mass is 10.2. The van der Waals surface area contributed by atoms with Crippen molar-refractivity contribution in [1.29, 1.82) is 0 Å². The first-order chi connectivity index (χ1) is 9.06. The monoisotopic (exact) mass is 266 g/mol. The molecule has 6 nitrogen and oxygen atoms in total. The van der Waals surface area contributed by atoms with Gasteiger partial charge in [-0.2, -0.15) is 4.98 Å². The molecule has 1 unspecified atom stereocenters. The number of carbonyl (C=O) groups is 1. The number of ether oxygens (including phenoxy) is 1. The number of nitrogens with zero attached hydrogens (tertiary/aromatic N) is 1. The second-order valence-electron chi connectivity index (χ2n) is 4.35. The molecule has 1 amide bonds. The van der Waals surface area contributed by atoms with Crippen molar-refractivity contribution in [2.24, 2.45) is 0 Å². The van der Waals surface area contributed by atoms with Gasteiger partial charge in [0, 0.05) is 19.0 Å². The van der Waals surface area contributed by atoms with Crippen LogP contribution in [-0.2, 0) is 4.79 Å². The third kappa shape index (κ3) is 5.03. The maximum atomic E-state index is 11.6. The second-order valence-corrected chi connectivity index (χ2v) is 4.35. The van der Waals surface area contributed by atoms with E-state index in [-0.39, 0.29) is 11.9 Å². The van der Waals surface area contributed by atoms with Crippen LogP contribution in [0, 0.1) is 0 Å². The molecule has 1 heterocycles. The van der Waals surface area contributed by atoms with Crippen LogP contribution in [0.2, 0.25) is 0 Å². The molecular weight excluding hydrogens is 244 g/mol. The van der Waals surface area contributed by atoms with Crippen molar-refractivity contribution in [3.63, 3.8) is 0 Å². The van der Waals surface area contributed by atoms with Crippen molar-refractivity contribution in [2.75, 3.05) is 24.7 Å². The molecule has 1 rings (SSSR count). The van der Waals surface area contributed by atoms with Crippen molar-refractivity contribution in [1.82, 2.24) is 10.3 Å². The predicted octanol–water partition coefficient (Wildman–Crippen LogP) is 1.39. The fourth-order valence-electron chi connectivity index (χ4n) is 1.47. The van der Waals surface area contributed by atoms with E-state index in [2.05, 4.69) is 15.6 Å². The van der Waals surface area contributed by atoms with Crippen molar-refractivity contribution >= 4 is 17.4 Å². The van der Waals surface area contributed by atoms with Gasteiger partial charge in [-0.1, -0.05) is 6.92 Å². The summed E-state index contributed by atoms with van der Waals surface area (Å²) in [6.45, 7) is 4.54. The summed E-state index contributed by atoms with van der Waals surface area (Å²) in [4.78, 5) is 15.7. The first kappa shape index (κ1) is 15.1. The van der Waals surface area contributed by atoms with E-state index >= 15 is 0 Å². The number of amides is 1. The smallest absolute Gasteiger partial charge is 0.238 e. The molecule has 0 aliphatic rings. The van der Waals surface area contributed by atoms with Crippen LogP contribution < -0.4 is 21.1 Å². The molecule has 6 heteroatoms. The number of hydrogen-bond donors (Lipinski definition) is 3. The minimum atomic E-state index is 0.0317. The highest BCUT2D eigenvalue weighted by Crippen LogP contribution is 2.19. The fourth-order valence-corrected chi connectivity index (χ4v) is 1.47. The van der Waals surface area contributed by atoms with Crippen molar-refractivity contribution in [2.45, 2.75) is 32.7 Å². The lowest BCUT2D eigenvalue weighted by molar-refractivity contribution is -0.121. The molecule has 4 N–H and O–H groups in total. The number of anilines is 2. The maximum Gasteiger partial charge on any atom is 0.238 e. The summed E-state index contributed by atoms with van der Waals surface area (Å²) in [6, 6.07) is 3.68. The van der Waals surface area contributed by atoms with E-state index in [0.717, 1.165) is 6.42 Å². The van der Waals surface area contributed by atoms with Gasteiger partial charge in [-0.3, -0.25) is 4.79 Å². The topological polar surface area (TPSA) is 89.3 Å². The molecule has 1 aromatic heterocycles. The molecular formula is C13H22N4O2. The molecule has 1 atom stereocenters. The van der Waals surface area contributed by atoms with Crippen LogP contribution in [0.15, 0.2) is 12.1 Å². The van der Waals surface area contributed by atoms with Crippen LogP contribution >= 0.6 is 0 Å². The van der Waals surface area contributed by atoms with Crippen molar-refractivity contribution in [3.05, 3.63) is 12.1 Å². The average Bonchev–Trinajstić information content (AvgIpc) is 2.40. The van der Waals surface area contributed by atoms with Crippen molar-refractivity contribution in [3.8, 4) is 5.88 Å². The van der Waals surface area contributed by atoms with Crippen LogP contribution in [0.4, 0.5) is 11.5 Å². The fraction of sp³-hybridized carbons (Fsp3) is 0.538. The van der Waals surface area contributed by atoms with Gasteiger partial charge >= 0.3 is 0 Å². The molecule has 19 heavy (non-hydrogen) atoms. The van der Waals surface area contributed by atoms with E-state index in [9.17, 15) is 4.79 Å². The maximum absolute atomic E-state index is 11.6. The number of rotatable bonds is 7. The zero-order chi connectivity index (χ0) is 14.3. The summed E-state index contributed by atoms with van der Waals surface area (Å²) in [5.74, 6) is 1.06. The number of nitrogens with one attached hydrogen (secondary N) is 2. The highest BCUT2D eigenvalue weighted by Gasteiger charge is 2.06. The Balaban J connectivity index is 2.39. The molecule has 0 bridgehead atoms. The van der Waals surface area contributed by atoms with E-state index < -0.39 is 0 Å². The first-order valence-corrected chi connectivity index (χ1v) is 6.40. The summed E-state index contributed by atoms with van der Waals surface area (Å²) in [7, 11) is 1.52. The third-order valence-electron chi connectivity index (χ3n) is 2.76. The number of hydrogen-bond acceptors (Lipinski definition) is 5. The first-order valence-electron chi connectivity index (χ1n) is 6.40. The Bertz CT molecular complexity index is 423. The van der Waals surface area contributed by atoms with Gasteiger partial charge in [0.2, 0.25) is 11.8 Å².